The number of fused-ring (bicyclic) bond motifs is 1. The first kappa shape index (κ1) is 21.6. The Morgan fingerprint density at radius 2 is 1.84 bits per heavy atom. The molecule has 0 radical (unpaired) electrons. The first-order valence-corrected chi connectivity index (χ1v) is 11.1. The Labute approximate surface area is 188 Å². The minimum absolute atomic E-state index is 0.249. The lowest BCUT2D eigenvalue weighted by molar-refractivity contribution is -0.136. The highest BCUT2D eigenvalue weighted by molar-refractivity contribution is 7.15. The maximum Gasteiger partial charge on any atom is 0.313 e. The van der Waals surface area contributed by atoms with E-state index in [1.54, 1.807) is 34.8 Å². The van der Waals surface area contributed by atoms with Gasteiger partial charge in [-0.3, -0.25) is 9.59 Å². The van der Waals surface area contributed by atoms with Crippen LogP contribution in [0.4, 0.5) is 10.1 Å². The number of rotatable bonds is 6. The first-order chi connectivity index (χ1) is 15.4. The highest BCUT2D eigenvalue weighted by Crippen LogP contribution is 2.23. The smallest absolute Gasteiger partial charge is 0.313 e. The van der Waals surface area contributed by atoms with E-state index in [4.69, 9.17) is 0 Å². The van der Waals surface area contributed by atoms with Crippen molar-refractivity contribution < 1.29 is 14.0 Å². The summed E-state index contributed by atoms with van der Waals surface area (Å²) in [5.41, 5.74) is 2.86. The van der Waals surface area contributed by atoms with Crippen molar-refractivity contribution in [3.8, 4) is 11.4 Å². The molecule has 0 unspecified atom stereocenters. The van der Waals surface area contributed by atoms with Gasteiger partial charge in [-0.1, -0.05) is 38.1 Å². The van der Waals surface area contributed by atoms with Crippen LogP contribution in [0.5, 0.6) is 0 Å². The van der Waals surface area contributed by atoms with Crippen molar-refractivity contribution in [2.75, 3.05) is 11.9 Å². The van der Waals surface area contributed by atoms with Gasteiger partial charge in [0, 0.05) is 24.0 Å². The summed E-state index contributed by atoms with van der Waals surface area (Å²) in [6.45, 7) is 4.42. The molecule has 4 aromatic rings. The van der Waals surface area contributed by atoms with Gasteiger partial charge < -0.3 is 10.6 Å². The second-order valence-electron chi connectivity index (χ2n) is 7.57. The predicted octanol–water partition coefficient (Wildman–Crippen LogP) is 4.02. The lowest BCUT2D eigenvalue weighted by Crippen LogP contribution is -2.36. The number of nitrogens with zero attached hydrogens (tertiary/aromatic N) is 3. The summed E-state index contributed by atoms with van der Waals surface area (Å²) in [7, 11) is 0. The number of aromatic nitrogens is 3. The summed E-state index contributed by atoms with van der Waals surface area (Å²) in [5, 5.41) is 11.5. The Balaban J connectivity index is 1.34. The van der Waals surface area contributed by atoms with Gasteiger partial charge in [-0.2, -0.15) is 4.98 Å². The quantitative estimate of drug-likeness (QED) is 0.434. The number of hydrogen-bond donors (Lipinski definition) is 2. The molecule has 32 heavy (non-hydrogen) atoms. The number of nitrogens with one attached hydrogen (secondary N) is 2. The zero-order valence-corrected chi connectivity index (χ0v) is 18.4. The van der Waals surface area contributed by atoms with E-state index < -0.39 is 11.8 Å². The van der Waals surface area contributed by atoms with Crippen LogP contribution in [-0.4, -0.2) is 33.0 Å². The molecule has 0 fully saturated rings. The fourth-order valence-corrected chi connectivity index (χ4v) is 4.03. The molecular formula is C23H22FN5O2S. The molecule has 164 valence electrons. The molecule has 2 amide bonds. The van der Waals surface area contributed by atoms with Crippen LogP contribution in [0.15, 0.2) is 53.9 Å². The predicted molar refractivity (Wildman–Crippen MR) is 122 cm³/mol. The maximum atomic E-state index is 14.0. The van der Waals surface area contributed by atoms with Crippen molar-refractivity contribution in [3.63, 3.8) is 0 Å². The van der Waals surface area contributed by atoms with E-state index in [9.17, 15) is 14.0 Å². The summed E-state index contributed by atoms with van der Waals surface area (Å²) in [6, 6.07) is 13.7. The Bertz CT molecular complexity index is 1260. The minimum Gasteiger partial charge on any atom is -0.347 e. The standard InChI is InChI=1S/C23H22FN5O2S/c1-14(2)15-7-9-16(10-8-15)26-22(31)21(30)25-12-11-17-13-32-23-27-20(28-29(17)23)18-5-3-4-6-19(18)24/h3-10,13-14H,11-12H2,1-2H3,(H,25,30)(H,26,31). The average Bonchev–Trinajstić information content (AvgIpc) is 3.36. The Kier molecular flexibility index (Phi) is 6.27. The molecule has 2 heterocycles. The normalized spacial score (nSPS) is 11.1. The van der Waals surface area contributed by atoms with E-state index in [-0.39, 0.29) is 12.4 Å². The lowest BCUT2D eigenvalue weighted by Gasteiger charge is -2.08. The monoisotopic (exact) mass is 451 g/mol. The van der Waals surface area contributed by atoms with E-state index in [0.29, 0.717) is 34.4 Å². The van der Waals surface area contributed by atoms with Crippen molar-refractivity contribution in [2.24, 2.45) is 0 Å². The molecule has 0 aliphatic rings. The highest BCUT2D eigenvalue weighted by Gasteiger charge is 2.16. The van der Waals surface area contributed by atoms with Gasteiger partial charge in [-0.15, -0.1) is 16.4 Å². The Morgan fingerprint density at radius 3 is 2.56 bits per heavy atom. The third kappa shape index (κ3) is 4.67. The molecule has 9 heteroatoms. The minimum atomic E-state index is -0.722. The molecule has 0 saturated carbocycles. The van der Waals surface area contributed by atoms with Crippen molar-refractivity contribution >= 4 is 33.8 Å². The fourth-order valence-electron chi connectivity index (χ4n) is 3.18. The van der Waals surface area contributed by atoms with Crippen molar-refractivity contribution in [1.82, 2.24) is 19.9 Å². The largest absolute Gasteiger partial charge is 0.347 e. The Morgan fingerprint density at radius 1 is 1.09 bits per heavy atom. The summed E-state index contributed by atoms with van der Waals surface area (Å²) in [4.78, 5) is 29.3. The number of amides is 2. The first-order valence-electron chi connectivity index (χ1n) is 10.2. The van der Waals surface area contributed by atoms with E-state index in [2.05, 4.69) is 34.6 Å². The zero-order valence-electron chi connectivity index (χ0n) is 17.6. The van der Waals surface area contributed by atoms with Gasteiger partial charge in [0.1, 0.15) is 5.82 Å². The van der Waals surface area contributed by atoms with E-state index in [1.165, 1.54) is 17.4 Å². The van der Waals surface area contributed by atoms with Crippen LogP contribution in [-0.2, 0) is 16.0 Å². The molecule has 2 N–H and O–H groups in total. The molecule has 0 atom stereocenters. The third-order valence-electron chi connectivity index (χ3n) is 4.97. The molecular weight excluding hydrogens is 429 g/mol. The van der Waals surface area contributed by atoms with Gasteiger partial charge in [0.2, 0.25) is 4.96 Å². The summed E-state index contributed by atoms with van der Waals surface area (Å²) in [5.74, 6) is -1.12. The van der Waals surface area contributed by atoms with Gasteiger partial charge in [-0.25, -0.2) is 8.91 Å². The number of benzene rings is 2. The SMILES string of the molecule is CC(C)c1ccc(NC(=O)C(=O)NCCc2csc3nc(-c4ccccc4F)nn23)cc1. The molecule has 0 bridgehead atoms. The molecule has 0 aliphatic heterocycles. The van der Waals surface area contributed by atoms with Gasteiger partial charge in [-0.05, 0) is 35.7 Å². The fraction of sp³-hybridized carbons (Fsp3) is 0.217. The maximum absolute atomic E-state index is 14.0. The third-order valence-corrected chi connectivity index (χ3v) is 5.84. The lowest BCUT2D eigenvalue weighted by atomic mass is 10.0. The average molecular weight is 452 g/mol. The van der Waals surface area contributed by atoms with E-state index in [0.717, 1.165) is 11.3 Å². The van der Waals surface area contributed by atoms with Crippen LogP contribution in [0.25, 0.3) is 16.3 Å². The molecule has 0 saturated heterocycles. The summed E-state index contributed by atoms with van der Waals surface area (Å²) >= 11 is 1.38. The number of thiazole rings is 1. The Hall–Kier alpha value is -3.59. The number of carbonyl (C=O) groups excluding carboxylic acids is 2. The number of carbonyl (C=O) groups is 2. The van der Waals surface area contributed by atoms with Crippen LogP contribution in [0.3, 0.4) is 0 Å². The van der Waals surface area contributed by atoms with Crippen LogP contribution < -0.4 is 10.6 Å². The molecule has 2 aromatic carbocycles. The van der Waals surface area contributed by atoms with Crippen LogP contribution in [0.2, 0.25) is 0 Å². The molecule has 0 aliphatic carbocycles. The molecule has 0 spiro atoms. The molecule has 2 aromatic heterocycles. The van der Waals surface area contributed by atoms with Crippen LogP contribution >= 0.6 is 11.3 Å². The number of anilines is 1. The van der Waals surface area contributed by atoms with Gasteiger partial charge in [0.25, 0.3) is 0 Å². The second kappa shape index (κ2) is 9.27. The van der Waals surface area contributed by atoms with Crippen LogP contribution in [0.1, 0.15) is 31.0 Å². The topological polar surface area (TPSA) is 88.4 Å². The van der Waals surface area contributed by atoms with Crippen LogP contribution in [0, 0.1) is 5.82 Å². The van der Waals surface area contributed by atoms with E-state index in [1.807, 2.05) is 17.5 Å². The van der Waals surface area contributed by atoms with Crippen molar-refractivity contribution in [1.29, 1.82) is 0 Å². The highest BCUT2D eigenvalue weighted by atomic mass is 32.1. The van der Waals surface area contributed by atoms with Gasteiger partial charge in [0.05, 0.1) is 11.3 Å². The van der Waals surface area contributed by atoms with Crippen molar-refractivity contribution in [2.45, 2.75) is 26.2 Å². The summed E-state index contributed by atoms with van der Waals surface area (Å²) < 4.78 is 15.7. The van der Waals surface area contributed by atoms with E-state index >= 15 is 0 Å². The van der Waals surface area contributed by atoms with Gasteiger partial charge in [0.15, 0.2) is 5.82 Å². The van der Waals surface area contributed by atoms with Crippen molar-refractivity contribution in [3.05, 3.63) is 71.0 Å². The van der Waals surface area contributed by atoms with Gasteiger partial charge >= 0.3 is 11.8 Å². The second-order valence-corrected chi connectivity index (χ2v) is 8.41. The molecule has 4 rings (SSSR count). The number of halogens is 1. The zero-order chi connectivity index (χ0) is 22.7. The number of hydrogen-bond acceptors (Lipinski definition) is 5. The summed E-state index contributed by atoms with van der Waals surface area (Å²) in [6.07, 6.45) is 0.447. The molecule has 7 nitrogen and oxygen atoms in total.